The van der Waals surface area contributed by atoms with Crippen LogP contribution in [0.15, 0.2) is 0 Å². The highest BCUT2D eigenvalue weighted by atomic mass is 16.5. The maximum absolute atomic E-state index is 12.0. The first kappa shape index (κ1) is 11.3. The maximum atomic E-state index is 12.0. The van der Waals surface area contributed by atoms with Gasteiger partial charge in [0.1, 0.15) is 0 Å². The molecule has 5 heteroatoms. The molecule has 0 aromatic heterocycles. The van der Waals surface area contributed by atoms with E-state index in [-0.39, 0.29) is 18.2 Å². The molecule has 3 rings (SSSR count). The molecular formula is C12H20N2O3. The van der Waals surface area contributed by atoms with Gasteiger partial charge in [0.2, 0.25) is 0 Å². The Morgan fingerprint density at radius 2 is 1.88 bits per heavy atom. The van der Waals surface area contributed by atoms with Crippen LogP contribution in [0.3, 0.4) is 0 Å². The van der Waals surface area contributed by atoms with Crippen LogP contribution < -0.4 is 5.32 Å². The minimum Gasteiger partial charge on any atom is -0.378 e. The van der Waals surface area contributed by atoms with Crippen LogP contribution in [0.4, 0.5) is 4.79 Å². The van der Waals surface area contributed by atoms with E-state index in [1.807, 2.05) is 4.90 Å². The Kier molecular flexibility index (Phi) is 3.20. The Balaban J connectivity index is 1.52. The standard InChI is InChI=1S/C12H20N2O3/c15-12(14-4-7-16-8-5-14)13-10-3-6-17-11(10)9-1-2-9/h9-11H,1-8H2,(H,13,15). The third-order valence-corrected chi connectivity index (χ3v) is 3.83. The van der Waals surface area contributed by atoms with Crippen molar-refractivity contribution in [2.24, 2.45) is 5.92 Å². The average molecular weight is 240 g/mol. The summed E-state index contributed by atoms with van der Waals surface area (Å²) in [5.41, 5.74) is 0. The third kappa shape index (κ3) is 2.55. The van der Waals surface area contributed by atoms with E-state index in [4.69, 9.17) is 9.47 Å². The molecule has 2 atom stereocenters. The predicted molar refractivity (Wildman–Crippen MR) is 61.8 cm³/mol. The van der Waals surface area contributed by atoms with Gasteiger partial charge < -0.3 is 19.7 Å². The Hall–Kier alpha value is -0.810. The molecular weight excluding hydrogens is 220 g/mol. The van der Waals surface area contributed by atoms with Crippen LogP contribution >= 0.6 is 0 Å². The summed E-state index contributed by atoms with van der Waals surface area (Å²) in [6, 6.07) is 0.271. The van der Waals surface area contributed by atoms with Crippen molar-refractivity contribution in [1.29, 1.82) is 0 Å². The summed E-state index contributed by atoms with van der Waals surface area (Å²) in [6.45, 7) is 3.50. The van der Waals surface area contributed by atoms with Gasteiger partial charge in [-0.25, -0.2) is 4.79 Å². The van der Waals surface area contributed by atoms with Crippen molar-refractivity contribution < 1.29 is 14.3 Å². The lowest BCUT2D eigenvalue weighted by Crippen LogP contribution is -2.51. The maximum Gasteiger partial charge on any atom is 0.317 e. The molecule has 2 saturated heterocycles. The first-order valence-electron chi connectivity index (χ1n) is 6.59. The summed E-state index contributed by atoms with van der Waals surface area (Å²) in [5, 5.41) is 3.13. The van der Waals surface area contributed by atoms with E-state index in [0.29, 0.717) is 32.2 Å². The van der Waals surface area contributed by atoms with Crippen molar-refractivity contribution in [2.45, 2.75) is 31.4 Å². The number of morpholine rings is 1. The van der Waals surface area contributed by atoms with Crippen LogP contribution in [0.5, 0.6) is 0 Å². The van der Waals surface area contributed by atoms with Gasteiger partial charge in [-0.1, -0.05) is 0 Å². The minimum atomic E-state index is 0.0504. The molecule has 5 nitrogen and oxygen atoms in total. The van der Waals surface area contributed by atoms with Gasteiger partial charge in [-0.15, -0.1) is 0 Å². The van der Waals surface area contributed by atoms with Crippen molar-refractivity contribution in [3.8, 4) is 0 Å². The topological polar surface area (TPSA) is 50.8 Å². The van der Waals surface area contributed by atoms with Gasteiger partial charge >= 0.3 is 6.03 Å². The molecule has 2 heterocycles. The smallest absolute Gasteiger partial charge is 0.317 e. The van der Waals surface area contributed by atoms with E-state index in [1.54, 1.807) is 0 Å². The average Bonchev–Trinajstić information content (AvgIpc) is 3.11. The molecule has 1 N–H and O–H groups in total. The van der Waals surface area contributed by atoms with E-state index < -0.39 is 0 Å². The highest BCUT2D eigenvalue weighted by Crippen LogP contribution is 2.38. The zero-order chi connectivity index (χ0) is 11.7. The number of nitrogens with zero attached hydrogens (tertiary/aromatic N) is 1. The molecule has 0 bridgehead atoms. The number of rotatable bonds is 2. The minimum absolute atomic E-state index is 0.0504. The number of hydrogen-bond acceptors (Lipinski definition) is 3. The predicted octanol–water partition coefficient (Wildman–Crippen LogP) is 0.596. The molecule has 0 spiro atoms. The molecule has 0 radical (unpaired) electrons. The van der Waals surface area contributed by atoms with Gasteiger partial charge in [0.25, 0.3) is 0 Å². The summed E-state index contributed by atoms with van der Waals surface area (Å²) < 4.78 is 11.0. The number of nitrogens with one attached hydrogen (secondary N) is 1. The molecule has 2 unspecified atom stereocenters. The molecule has 0 aromatic rings. The molecule has 96 valence electrons. The summed E-state index contributed by atoms with van der Waals surface area (Å²) >= 11 is 0. The number of carbonyl (C=O) groups excluding carboxylic acids is 1. The molecule has 3 fully saturated rings. The Bertz CT molecular complexity index is 287. The highest BCUT2D eigenvalue weighted by molar-refractivity contribution is 5.74. The third-order valence-electron chi connectivity index (χ3n) is 3.83. The molecule has 3 aliphatic rings. The van der Waals surface area contributed by atoms with E-state index in [0.717, 1.165) is 13.0 Å². The van der Waals surface area contributed by atoms with Crippen molar-refractivity contribution in [3.05, 3.63) is 0 Å². The van der Waals surface area contributed by atoms with Crippen LogP contribution in [0, 0.1) is 5.92 Å². The van der Waals surface area contributed by atoms with Crippen molar-refractivity contribution >= 4 is 6.03 Å². The second kappa shape index (κ2) is 4.82. The molecule has 0 aromatic carbocycles. The van der Waals surface area contributed by atoms with Crippen LogP contribution in [-0.4, -0.2) is 56.0 Å². The lowest BCUT2D eigenvalue weighted by atomic mass is 10.1. The van der Waals surface area contributed by atoms with Crippen molar-refractivity contribution in [2.75, 3.05) is 32.9 Å². The van der Waals surface area contributed by atoms with Crippen molar-refractivity contribution in [3.63, 3.8) is 0 Å². The molecule has 1 saturated carbocycles. The number of hydrogen-bond donors (Lipinski definition) is 1. The van der Waals surface area contributed by atoms with Gasteiger partial charge in [-0.05, 0) is 25.2 Å². The molecule has 2 aliphatic heterocycles. The fourth-order valence-electron chi connectivity index (χ4n) is 2.67. The number of ether oxygens (including phenoxy) is 2. The van der Waals surface area contributed by atoms with Crippen LogP contribution in [0.1, 0.15) is 19.3 Å². The summed E-state index contributed by atoms with van der Waals surface area (Å²) in [5.74, 6) is 0.687. The van der Waals surface area contributed by atoms with Crippen LogP contribution in [0.25, 0.3) is 0 Å². The lowest BCUT2D eigenvalue weighted by Gasteiger charge is -2.29. The van der Waals surface area contributed by atoms with E-state index >= 15 is 0 Å². The van der Waals surface area contributed by atoms with Crippen molar-refractivity contribution in [1.82, 2.24) is 10.2 Å². The fourth-order valence-corrected chi connectivity index (χ4v) is 2.67. The van der Waals surface area contributed by atoms with Gasteiger partial charge in [0, 0.05) is 19.7 Å². The normalized spacial score (nSPS) is 33.8. The Morgan fingerprint density at radius 1 is 1.12 bits per heavy atom. The van der Waals surface area contributed by atoms with Gasteiger partial charge in [0.05, 0.1) is 25.4 Å². The van der Waals surface area contributed by atoms with Gasteiger partial charge in [-0.2, -0.15) is 0 Å². The zero-order valence-electron chi connectivity index (χ0n) is 10.1. The van der Waals surface area contributed by atoms with E-state index in [9.17, 15) is 4.79 Å². The second-order valence-corrected chi connectivity index (χ2v) is 5.12. The molecule has 2 amide bonds. The summed E-state index contributed by atoms with van der Waals surface area (Å²) in [4.78, 5) is 13.9. The van der Waals surface area contributed by atoms with E-state index in [1.165, 1.54) is 12.8 Å². The Labute approximate surface area is 101 Å². The highest BCUT2D eigenvalue weighted by Gasteiger charge is 2.41. The number of carbonyl (C=O) groups is 1. The quantitative estimate of drug-likeness (QED) is 0.769. The summed E-state index contributed by atoms with van der Waals surface area (Å²) in [6.07, 6.45) is 3.74. The first-order chi connectivity index (χ1) is 8.34. The largest absolute Gasteiger partial charge is 0.378 e. The molecule has 1 aliphatic carbocycles. The fraction of sp³-hybridized carbons (Fsp3) is 0.917. The molecule has 17 heavy (non-hydrogen) atoms. The van der Waals surface area contributed by atoms with Crippen LogP contribution in [0.2, 0.25) is 0 Å². The van der Waals surface area contributed by atoms with Crippen LogP contribution in [-0.2, 0) is 9.47 Å². The van der Waals surface area contributed by atoms with Gasteiger partial charge in [-0.3, -0.25) is 0 Å². The zero-order valence-corrected chi connectivity index (χ0v) is 10.1. The number of urea groups is 1. The Morgan fingerprint density at radius 3 is 2.59 bits per heavy atom. The first-order valence-corrected chi connectivity index (χ1v) is 6.59. The summed E-state index contributed by atoms with van der Waals surface area (Å²) in [7, 11) is 0. The monoisotopic (exact) mass is 240 g/mol. The van der Waals surface area contributed by atoms with Gasteiger partial charge in [0.15, 0.2) is 0 Å². The van der Waals surface area contributed by atoms with E-state index in [2.05, 4.69) is 5.32 Å². The lowest BCUT2D eigenvalue weighted by molar-refractivity contribution is 0.0493. The second-order valence-electron chi connectivity index (χ2n) is 5.12. The SMILES string of the molecule is O=C(NC1CCOC1C1CC1)N1CCOCC1. The number of amides is 2.